The van der Waals surface area contributed by atoms with Gasteiger partial charge in [-0.15, -0.1) is 0 Å². The smallest absolute Gasteiger partial charge is 0.263 e. The summed E-state index contributed by atoms with van der Waals surface area (Å²) in [4.78, 5) is 1.76. The lowest BCUT2D eigenvalue weighted by atomic mass is 9.86. The van der Waals surface area contributed by atoms with Crippen molar-refractivity contribution >= 4 is 0 Å². The van der Waals surface area contributed by atoms with Crippen LogP contribution in [-0.2, 0) is 0 Å². The van der Waals surface area contributed by atoms with Crippen molar-refractivity contribution < 1.29 is 8.78 Å². The first-order chi connectivity index (χ1) is 6.40. The minimum atomic E-state index is -2.56. The molecule has 2 nitrogen and oxygen atoms in total. The Bertz CT molecular complexity index is 195. The molecule has 2 unspecified atom stereocenters. The Morgan fingerprint density at radius 1 is 1.50 bits per heavy atom. The Hall–Kier alpha value is -0.220. The number of hydrogen-bond acceptors (Lipinski definition) is 2. The third kappa shape index (κ3) is 2.06. The van der Waals surface area contributed by atoms with Gasteiger partial charge in [-0.1, -0.05) is 13.8 Å². The van der Waals surface area contributed by atoms with Crippen LogP contribution in [0.3, 0.4) is 0 Å². The monoisotopic (exact) mass is 206 g/mol. The van der Waals surface area contributed by atoms with E-state index in [4.69, 9.17) is 5.73 Å². The quantitative estimate of drug-likeness (QED) is 0.745. The molecule has 0 aromatic heterocycles. The highest BCUT2D eigenvalue weighted by atomic mass is 19.3. The zero-order chi connectivity index (χ0) is 10.9. The molecule has 0 aromatic carbocycles. The van der Waals surface area contributed by atoms with Crippen molar-refractivity contribution in [3.63, 3.8) is 0 Å². The molecule has 14 heavy (non-hydrogen) atoms. The summed E-state index contributed by atoms with van der Waals surface area (Å²) in [6.07, 6.45) is 0.477. The second-order valence-electron chi connectivity index (χ2n) is 4.54. The molecule has 1 fully saturated rings. The molecule has 0 saturated carbocycles. The number of likely N-dealkylation sites (N-methyl/N-ethyl adjacent to an activating group) is 1. The van der Waals surface area contributed by atoms with Crippen LogP contribution in [0.1, 0.15) is 26.7 Å². The Morgan fingerprint density at radius 3 is 2.50 bits per heavy atom. The first-order valence-electron chi connectivity index (χ1n) is 5.20. The van der Waals surface area contributed by atoms with Gasteiger partial charge in [-0.2, -0.15) is 0 Å². The van der Waals surface area contributed by atoms with Gasteiger partial charge in [0.15, 0.2) is 0 Å². The van der Waals surface area contributed by atoms with E-state index in [1.54, 1.807) is 11.9 Å². The van der Waals surface area contributed by atoms with Gasteiger partial charge in [0.2, 0.25) is 0 Å². The summed E-state index contributed by atoms with van der Waals surface area (Å²) in [6.45, 7) is 4.15. The van der Waals surface area contributed by atoms with Gasteiger partial charge in [0.25, 0.3) is 5.92 Å². The van der Waals surface area contributed by atoms with Crippen LogP contribution in [0.2, 0.25) is 0 Å². The highest BCUT2D eigenvalue weighted by Gasteiger charge is 2.48. The number of piperidine rings is 1. The van der Waals surface area contributed by atoms with Gasteiger partial charge in [-0.25, -0.2) is 8.78 Å². The normalized spacial score (nSPS) is 33.6. The highest BCUT2D eigenvalue weighted by Crippen LogP contribution is 2.38. The SMILES string of the molecule is CC(C)C1N(C)C(CN)CCC1(F)F. The summed E-state index contributed by atoms with van der Waals surface area (Å²) in [5.74, 6) is -2.60. The van der Waals surface area contributed by atoms with Crippen molar-refractivity contribution in [1.29, 1.82) is 0 Å². The van der Waals surface area contributed by atoms with E-state index in [1.807, 2.05) is 13.8 Å². The van der Waals surface area contributed by atoms with Crippen molar-refractivity contribution in [2.75, 3.05) is 13.6 Å². The van der Waals surface area contributed by atoms with Crippen LogP contribution < -0.4 is 5.73 Å². The van der Waals surface area contributed by atoms with E-state index in [0.717, 1.165) is 0 Å². The second-order valence-corrected chi connectivity index (χ2v) is 4.54. The number of hydrogen-bond donors (Lipinski definition) is 1. The molecule has 1 aliphatic rings. The Balaban J connectivity index is 2.81. The Morgan fingerprint density at radius 2 is 2.07 bits per heavy atom. The van der Waals surface area contributed by atoms with Crippen molar-refractivity contribution in [1.82, 2.24) is 4.90 Å². The maximum atomic E-state index is 13.6. The molecule has 0 bridgehead atoms. The van der Waals surface area contributed by atoms with Crippen molar-refractivity contribution in [3.8, 4) is 0 Å². The summed E-state index contributed by atoms with van der Waals surface area (Å²) in [5.41, 5.74) is 5.56. The second kappa shape index (κ2) is 4.11. The molecule has 0 radical (unpaired) electrons. The molecular weight excluding hydrogens is 186 g/mol. The molecule has 1 heterocycles. The number of halogens is 2. The van der Waals surface area contributed by atoms with Crippen molar-refractivity contribution in [3.05, 3.63) is 0 Å². The minimum Gasteiger partial charge on any atom is -0.329 e. The molecule has 1 saturated heterocycles. The van der Waals surface area contributed by atoms with E-state index in [9.17, 15) is 8.78 Å². The van der Waals surface area contributed by atoms with E-state index >= 15 is 0 Å². The van der Waals surface area contributed by atoms with Crippen LogP contribution >= 0.6 is 0 Å². The molecule has 0 aliphatic carbocycles. The van der Waals surface area contributed by atoms with Crippen LogP contribution in [0.5, 0.6) is 0 Å². The molecule has 1 rings (SSSR count). The molecular formula is C10H20F2N2. The van der Waals surface area contributed by atoms with E-state index in [0.29, 0.717) is 13.0 Å². The minimum absolute atomic E-state index is 0.0257. The average Bonchev–Trinajstić information content (AvgIpc) is 2.02. The van der Waals surface area contributed by atoms with Crippen LogP contribution in [0.15, 0.2) is 0 Å². The summed E-state index contributed by atoms with van der Waals surface area (Å²) in [5, 5.41) is 0. The Labute approximate surface area is 84.4 Å². The molecule has 0 amide bonds. The predicted molar refractivity (Wildman–Crippen MR) is 53.4 cm³/mol. The van der Waals surface area contributed by atoms with Crippen LogP contribution in [0.4, 0.5) is 8.78 Å². The third-order valence-electron chi connectivity index (χ3n) is 3.16. The van der Waals surface area contributed by atoms with Crippen molar-refractivity contribution in [2.24, 2.45) is 11.7 Å². The van der Waals surface area contributed by atoms with Gasteiger partial charge in [-0.05, 0) is 19.4 Å². The largest absolute Gasteiger partial charge is 0.329 e. The molecule has 0 aromatic rings. The van der Waals surface area contributed by atoms with Gasteiger partial charge in [0.05, 0.1) is 6.04 Å². The molecule has 0 spiro atoms. The number of alkyl halides is 2. The number of rotatable bonds is 2. The van der Waals surface area contributed by atoms with Crippen LogP contribution in [0, 0.1) is 5.92 Å². The standard InChI is InChI=1S/C10H20F2N2/c1-7(2)9-10(11,12)5-4-8(6-13)14(9)3/h7-9H,4-6,13H2,1-3H3. The number of nitrogens with two attached hydrogens (primary N) is 1. The lowest BCUT2D eigenvalue weighted by Crippen LogP contribution is -2.59. The maximum absolute atomic E-state index is 13.6. The number of nitrogens with zero attached hydrogens (tertiary/aromatic N) is 1. The van der Waals surface area contributed by atoms with E-state index in [-0.39, 0.29) is 18.4 Å². The van der Waals surface area contributed by atoms with Crippen molar-refractivity contribution in [2.45, 2.75) is 44.7 Å². The van der Waals surface area contributed by atoms with Crippen LogP contribution in [-0.4, -0.2) is 36.5 Å². The average molecular weight is 206 g/mol. The van der Waals surface area contributed by atoms with E-state index in [1.165, 1.54) is 0 Å². The van der Waals surface area contributed by atoms with Gasteiger partial charge >= 0.3 is 0 Å². The fourth-order valence-electron chi connectivity index (χ4n) is 2.48. The third-order valence-corrected chi connectivity index (χ3v) is 3.16. The molecule has 1 aliphatic heterocycles. The van der Waals surface area contributed by atoms with E-state index in [2.05, 4.69) is 0 Å². The molecule has 2 N–H and O–H groups in total. The zero-order valence-corrected chi connectivity index (χ0v) is 9.13. The van der Waals surface area contributed by atoms with Gasteiger partial charge in [0, 0.05) is 19.0 Å². The fraction of sp³-hybridized carbons (Fsp3) is 1.00. The summed E-state index contributed by atoms with van der Waals surface area (Å²) < 4.78 is 27.2. The fourth-order valence-corrected chi connectivity index (χ4v) is 2.48. The molecule has 84 valence electrons. The Kier molecular flexibility index (Phi) is 3.48. The van der Waals surface area contributed by atoms with Gasteiger partial charge in [-0.3, -0.25) is 4.90 Å². The predicted octanol–water partition coefficient (Wildman–Crippen LogP) is 1.70. The van der Waals surface area contributed by atoms with Crippen LogP contribution in [0.25, 0.3) is 0 Å². The first kappa shape index (κ1) is 11.9. The molecule has 2 atom stereocenters. The topological polar surface area (TPSA) is 29.3 Å². The summed E-state index contributed by atoms with van der Waals surface area (Å²) >= 11 is 0. The summed E-state index contributed by atoms with van der Waals surface area (Å²) in [6, 6.07) is -0.549. The number of likely N-dealkylation sites (tertiary alicyclic amines) is 1. The highest BCUT2D eigenvalue weighted by molar-refractivity contribution is 4.95. The van der Waals surface area contributed by atoms with E-state index < -0.39 is 12.0 Å². The lowest BCUT2D eigenvalue weighted by Gasteiger charge is -2.45. The first-order valence-corrected chi connectivity index (χ1v) is 5.20. The maximum Gasteiger partial charge on any atom is 0.263 e. The van der Waals surface area contributed by atoms with Gasteiger partial charge in [0.1, 0.15) is 0 Å². The summed E-state index contributed by atoms with van der Waals surface area (Å²) in [7, 11) is 1.76. The lowest BCUT2D eigenvalue weighted by molar-refractivity contribution is -0.136. The zero-order valence-electron chi connectivity index (χ0n) is 9.13. The molecule has 4 heteroatoms. The van der Waals surface area contributed by atoms with Gasteiger partial charge < -0.3 is 5.73 Å².